The second-order valence-electron chi connectivity index (χ2n) is 7.69. The third-order valence-corrected chi connectivity index (χ3v) is 5.94. The summed E-state index contributed by atoms with van der Waals surface area (Å²) in [6.45, 7) is 11.0. The van der Waals surface area contributed by atoms with Crippen LogP contribution in [0, 0.1) is 27.7 Å². The van der Waals surface area contributed by atoms with Gasteiger partial charge in [0.15, 0.2) is 0 Å². The zero-order chi connectivity index (χ0) is 18.5. The molecular formula is C21H32N4. The van der Waals surface area contributed by atoms with Crippen LogP contribution >= 0.6 is 0 Å². The second kappa shape index (κ2) is 6.32. The molecule has 0 unspecified atom stereocenters. The Morgan fingerprint density at radius 2 is 0.920 bits per heavy atom. The van der Waals surface area contributed by atoms with Crippen molar-refractivity contribution >= 4 is 11.4 Å². The summed E-state index contributed by atoms with van der Waals surface area (Å²) in [7, 11) is 8.61. The summed E-state index contributed by atoms with van der Waals surface area (Å²) in [4.78, 5) is 9.23. The Morgan fingerprint density at radius 1 is 0.560 bits per heavy atom. The van der Waals surface area contributed by atoms with Crippen molar-refractivity contribution in [3.05, 3.63) is 45.8 Å². The molecule has 0 aromatic heterocycles. The molecule has 0 saturated carbocycles. The molecule has 1 saturated heterocycles. The zero-order valence-corrected chi connectivity index (χ0v) is 17.1. The van der Waals surface area contributed by atoms with Crippen LogP contribution in [0.2, 0.25) is 0 Å². The van der Waals surface area contributed by atoms with Crippen LogP contribution in [0.1, 0.15) is 28.7 Å². The molecule has 1 aromatic rings. The predicted molar refractivity (Wildman–Crippen MR) is 108 cm³/mol. The molecule has 0 spiro atoms. The highest BCUT2D eigenvalue weighted by Crippen LogP contribution is 2.42. The lowest BCUT2D eigenvalue weighted by Gasteiger charge is -2.19. The lowest BCUT2D eigenvalue weighted by atomic mass is 9.95. The van der Waals surface area contributed by atoms with E-state index in [4.69, 9.17) is 0 Å². The Bertz CT molecular complexity index is 699. The van der Waals surface area contributed by atoms with Crippen LogP contribution in [0.4, 0.5) is 11.4 Å². The molecule has 2 aliphatic heterocycles. The SMILES string of the molecule is CN1CN(C)C2=CCC=C21.Cc1c(C)c(C)c2c(c1C)N(C)CN2C. The molecular weight excluding hydrogens is 308 g/mol. The third kappa shape index (κ3) is 2.78. The number of nitrogens with zero attached hydrogens (tertiary/aromatic N) is 4. The summed E-state index contributed by atoms with van der Waals surface area (Å²) >= 11 is 0. The summed E-state index contributed by atoms with van der Waals surface area (Å²) in [5.41, 5.74) is 11.4. The Balaban J connectivity index is 0.000000157. The highest BCUT2D eigenvalue weighted by atomic mass is 15.4. The van der Waals surface area contributed by atoms with E-state index in [0.717, 1.165) is 19.8 Å². The molecule has 1 aliphatic carbocycles. The lowest BCUT2D eigenvalue weighted by molar-refractivity contribution is 0.343. The van der Waals surface area contributed by atoms with Gasteiger partial charge in [-0.2, -0.15) is 0 Å². The van der Waals surface area contributed by atoms with Gasteiger partial charge in [-0.05, 0) is 56.4 Å². The smallest absolute Gasteiger partial charge is 0.0898 e. The van der Waals surface area contributed by atoms with Crippen molar-refractivity contribution in [1.29, 1.82) is 0 Å². The predicted octanol–water partition coefficient (Wildman–Crippen LogP) is 3.76. The number of benzene rings is 1. The van der Waals surface area contributed by atoms with Crippen LogP contribution in [-0.2, 0) is 0 Å². The van der Waals surface area contributed by atoms with Gasteiger partial charge in [-0.1, -0.05) is 12.2 Å². The average molecular weight is 341 g/mol. The van der Waals surface area contributed by atoms with Crippen molar-refractivity contribution in [3.8, 4) is 0 Å². The van der Waals surface area contributed by atoms with E-state index in [1.165, 1.54) is 45.0 Å². The van der Waals surface area contributed by atoms with E-state index in [2.05, 4.69) is 87.6 Å². The van der Waals surface area contributed by atoms with Crippen LogP contribution in [0.25, 0.3) is 0 Å². The van der Waals surface area contributed by atoms with Gasteiger partial charge in [0.1, 0.15) is 0 Å². The van der Waals surface area contributed by atoms with Crippen molar-refractivity contribution in [2.24, 2.45) is 0 Å². The fourth-order valence-electron chi connectivity index (χ4n) is 4.33. The average Bonchev–Trinajstić information content (AvgIpc) is 3.22. The van der Waals surface area contributed by atoms with E-state index < -0.39 is 0 Å². The molecule has 136 valence electrons. The van der Waals surface area contributed by atoms with E-state index in [-0.39, 0.29) is 0 Å². The molecule has 0 bridgehead atoms. The van der Waals surface area contributed by atoms with Crippen molar-refractivity contribution < 1.29 is 0 Å². The van der Waals surface area contributed by atoms with Crippen molar-refractivity contribution in [2.45, 2.75) is 34.1 Å². The van der Waals surface area contributed by atoms with Gasteiger partial charge >= 0.3 is 0 Å². The number of allylic oxidation sites excluding steroid dienone is 2. The van der Waals surface area contributed by atoms with Crippen LogP contribution < -0.4 is 9.80 Å². The van der Waals surface area contributed by atoms with E-state index >= 15 is 0 Å². The van der Waals surface area contributed by atoms with Gasteiger partial charge in [0.05, 0.1) is 36.1 Å². The van der Waals surface area contributed by atoms with Crippen LogP contribution in [0.15, 0.2) is 23.5 Å². The Labute approximate surface area is 153 Å². The molecule has 4 nitrogen and oxygen atoms in total. The summed E-state index contributed by atoms with van der Waals surface area (Å²) in [6.07, 6.45) is 5.66. The Kier molecular flexibility index (Phi) is 4.48. The van der Waals surface area contributed by atoms with Gasteiger partial charge in [-0.25, -0.2) is 0 Å². The molecule has 25 heavy (non-hydrogen) atoms. The van der Waals surface area contributed by atoms with Crippen LogP contribution in [0.5, 0.6) is 0 Å². The number of hydrogen-bond acceptors (Lipinski definition) is 4. The van der Waals surface area contributed by atoms with Crippen LogP contribution in [-0.4, -0.2) is 51.3 Å². The molecule has 0 amide bonds. The number of fused-ring (bicyclic) bond motifs is 2. The fourth-order valence-corrected chi connectivity index (χ4v) is 4.33. The largest absolute Gasteiger partial charge is 0.356 e. The highest BCUT2D eigenvalue weighted by Gasteiger charge is 2.26. The molecule has 3 aliphatic rings. The van der Waals surface area contributed by atoms with E-state index in [1.807, 2.05) is 0 Å². The summed E-state index contributed by atoms with van der Waals surface area (Å²) in [6, 6.07) is 0. The number of hydrogen-bond donors (Lipinski definition) is 0. The Morgan fingerprint density at radius 3 is 1.32 bits per heavy atom. The van der Waals surface area contributed by atoms with Crippen LogP contribution in [0.3, 0.4) is 0 Å². The first kappa shape index (κ1) is 17.7. The first-order valence-corrected chi connectivity index (χ1v) is 9.09. The quantitative estimate of drug-likeness (QED) is 0.713. The minimum absolute atomic E-state index is 1.000. The first-order chi connectivity index (χ1) is 11.7. The van der Waals surface area contributed by atoms with Gasteiger partial charge in [0.2, 0.25) is 0 Å². The van der Waals surface area contributed by atoms with E-state index in [0.29, 0.717) is 0 Å². The molecule has 4 rings (SSSR count). The Hall–Kier alpha value is -2.10. The van der Waals surface area contributed by atoms with Gasteiger partial charge < -0.3 is 19.6 Å². The van der Waals surface area contributed by atoms with E-state index in [9.17, 15) is 0 Å². The maximum absolute atomic E-state index is 2.34. The summed E-state index contributed by atoms with van der Waals surface area (Å²) < 4.78 is 0. The van der Waals surface area contributed by atoms with Crippen molar-refractivity contribution in [3.63, 3.8) is 0 Å². The first-order valence-electron chi connectivity index (χ1n) is 9.09. The maximum atomic E-state index is 2.34. The summed E-state index contributed by atoms with van der Waals surface area (Å²) in [5.74, 6) is 0. The van der Waals surface area contributed by atoms with Gasteiger partial charge in [-0.3, -0.25) is 0 Å². The minimum atomic E-state index is 1.000. The summed E-state index contributed by atoms with van der Waals surface area (Å²) in [5, 5.41) is 0. The van der Waals surface area contributed by atoms with Crippen molar-refractivity contribution in [2.75, 3.05) is 51.3 Å². The normalized spacial score (nSPS) is 18.1. The monoisotopic (exact) mass is 340 g/mol. The molecule has 1 aromatic carbocycles. The molecule has 0 radical (unpaired) electrons. The number of likely N-dealkylation sites (N-methyl/N-ethyl adjacent to an activating group) is 2. The standard InChI is InChI=1S/C13H20N2.C8H12N2/c1-8-9(2)11(4)13-12(10(8)3)14(5)7-15(13)6;1-9-6-10(2)8-5-3-4-7(8)9/h7H2,1-6H3;4-5H,3,6H2,1-2H3. The third-order valence-electron chi connectivity index (χ3n) is 5.94. The minimum Gasteiger partial charge on any atom is -0.356 e. The highest BCUT2D eigenvalue weighted by molar-refractivity contribution is 5.84. The zero-order valence-electron chi connectivity index (χ0n) is 17.1. The second-order valence-corrected chi connectivity index (χ2v) is 7.69. The lowest BCUT2D eigenvalue weighted by Crippen LogP contribution is -2.24. The van der Waals surface area contributed by atoms with Gasteiger partial charge in [0.25, 0.3) is 0 Å². The molecule has 4 heteroatoms. The molecule has 2 heterocycles. The van der Waals surface area contributed by atoms with Crippen molar-refractivity contribution in [1.82, 2.24) is 9.80 Å². The topological polar surface area (TPSA) is 13.0 Å². The number of anilines is 2. The molecule has 0 atom stereocenters. The number of rotatable bonds is 0. The fraction of sp³-hybridized carbons (Fsp3) is 0.524. The van der Waals surface area contributed by atoms with E-state index in [1.54, 1.807) is 0 Å². The van der Waals surface area contributed by atoms with Gasteiger partial charge in [0, 0.05) is 28.2 Å². The molecule has 1 fully saturated rings. The maximum Gasteiger partial charge on any atom is 0.0898 e. The molecule has 0 N–H and O–H groups in total. The van der Waals surface area contributed by atoms with Gasteiger partial charge in [-0.15, -0.1) is 0 Å².